The average Bonchev–Trinajstić information content (AvgIpc) is 2.73. The van der Waals surface area contributed by atoms with Crippen molar-refractivity contribution in [2.45, 2.75) is 40.5 Å². The Bertz CT molecular complexity index is 535. The maximum atomic E-state index is 12.3. The zero-order chi connectivity index (χ0) is 15.8. The number of nitrogens with two attached hydrogens (primary N) is 1. The van der Waals surface area contributed by atoms with Crippen LogP contribution in [0.1, 0.15) is 50.2 Å². The van der Waals surface area contributed by atoms with Crippen LogP contribution in [0.25, 0.3) is 0 Å². The van der Waals surface area contributed by atoms with Gasteiger partial charge in [0.05, 0.1) is 17.7 Å². The lowest BCUT2D eigenvalue weighted by molar-refractivity contribution is 0.0944. The van der Waals surface area contributed by atoms with E-state index in [2.05, 4.69) is 18.7 Å². The Hall–Kier alpha value is -1.23. The second-order valence-corrected chi connectivity index (χ2v) is 7.89. The van der Waals surface area contributed by atoms with Crippen LogP contribution in [0, 0.1) is 11.3 Å². The standard InChI is InChI=1S/C16H26N2O2S/c1-10(2)12(19)14-11(17)13(20-5)15(21-14)18-8-6-7-16(3,4)9-18/h10H,6-9,17H2,1-5H3. The number of methoxy groups -OCH3 is 1. The number of hydrogen-bond acceptors (Lipinski definition) is 5. The van der Waals surface area contributed by atoms with Crippen molar-refractivity contribution in [2.75, 3.05) is 30.8 Å². The summed E-state index contributed by atoms with van der Waals surface area (Å²) in [5.41, 5.74) is 6.95. The second-order valence-electron chi connectivity index (χ2n) is 6.89. The summed E-state index contributed by atoms with van der Waals surface area (Å²) >= 11 is 1.48. The lowest BCUT2D eigenvalue weighted by Crippen LogP contribution is -2.39. The van der Waals surface area contributed by atoms with Gasteiger partial charge in [-0.1, -0.05) is 27.7 Å². The van der Waals surface area contributed by atoms with Crippen LogP contribution in [-0.4, -0.2) is 26.0 Å². The minimum atomic E-state index is -0.0543. The SMILES string of the molecule is COc1c(N2CCCC(C)(C)C2)sc(C(=O)C(C)C)c1N. The Morgan fingerprint density at radius 2 is 2.10 bits per heavy atom. The van der Waals surface area contributed by atoms with Crippen LogP contribution in [0.15, 0.2) is 0 Å². The third-order valence-electron chi connectivity index (χ3n) is 4.02. The highest BCUT2D eigenvalue weighted by atomic mass is 32.1. The molecule has 1 aliphatic heterocycles. The Morgan fingerprint density at radius 1 is 1.43 bits per heavy atom. The van der Waals surface area contributed by atoms with E-state index in [-0.39, 0.29) is 17.1 Å². The number of piperidine rings is 1. The van der Waals surface area contributed by atoms with Gasteiger partial charge in [0.25, 0.3) is 0 Å². The Kier molecular flexibility index (Phi) is 4.51. The molecular formula is C16H26N2O2S. The normalized spacial score (nSPS) is 18.1. The molecule has 0 aromatic carbocycles. The number of nitrogen functional groups attached to an aromatic ring is 1. The fourth-order valence-corrected chi connectivity index (χ4v) is 4.17. The zero-order valence-corrected chi connectivity index (χ0v) is 14.5. The lowest BCUT2D eigenvalue weighted by Gasteiger charge is -2.38. The van der Waals surface area contributed by atoms with E-state index in [1.54, 1.807) is 7.11 Å². The summed E-state index contributed by atoms with van der Waals surface area (Å²) < 4.78 is 5.50. The first kappa shape index (κ1) is 16.1. The Balaban J connectivity index is 2.39. The van der Waals surface area contributed by atoms with Gasteiger partial charge < -0.3 is 15.4 Å². The molecule has 2 heterocycles. The van der Waals surface area contributed by atoms with Crippen molar-refractivity contribution in [3.63, 3.8) is 0 Å². The van der Waals surface area contributed by atoms with E-state index >= 15 is 0 Å². The molecule has 21 heavy (non-hydrogen) atoms. The van der Waals surface area contributed by atoms with Crippen molar-refractivity contribution >= 4 is 27.8 Å². The van der Waals surface area contributed by atoms with E-state index in [9.17, 15) is 4.79 Å². The molecule has 1 fully saturated rings. The molecular weight excluding hydrogens is 284 g/mol. The quantitative estimate of drug-likeness (QED) is 0.859. The van der Waals surface area contributed by atoms with Gasteiger partial charge in [0.1, 0.15) is 5.00 Å². The summed E-state index contributed by atoms with van der Waals surface area (Å²) in [6, 6.07) is 0. The average molecular weight is 310 g/mol. The summed E-state index contributed by atoms with van der Waals surface area (Å²) in [4.78, 5) is 15.3. The van der Waals surface area contributed by atoms with Crippen molar-refractivity contribution < 1.29 is 9.53 Å². The van der Waals surface area contributed by atoms with Crippen molar-refractivity contribution in [1.82, 2.24) is 0 Å². The summed E-state index contributed by atoms with van der Waals surface area (Å²) in [5.74, 6) is 0.710. The van der Waals surface area contributed by atoms with Gasteiger partial charge in [0, 0.05) is 19.0 Å². The molecule has 2 N–H and O–H groups in total. The first-order valence-corrected chi connectivity index (χ1v) is 8.34. The topological polar surface area (TPSA) is 55.6 Å². The predicted molar refractivity (Wildman–Crippen MR) is 89.7 cm³/mol. The molecule has 0 spiro atoms. The summed E-state index contributed by atoms with van der Waals surface area (Å²) in [5, 5.41) is 1.01. The maximum absolute atomic E-state index is 12.3. The van der Waals surface area contributed by atoms with Crippen LogP contribution in [0.2, 0.25) is 0 Å². The van der Waals surface area contributed by atoms with Gasteiger partial charge in [-0.2, -0.15) is 0 Å². The molecule has 0 bridgehead atoms. The van der Waals surface area contributed by atoms with E-state index in [1.807, 2.05) is 13.8 Å². The molecule has 1 aromatic heterocycles. The number of nitrogens with zero attached hydrogens (tertiary/aromatic N) is 1. The van der Waals surface area contributed by atoms with E-state index in [0.717, 1.165) is 24.5 Å². The molecule has 0 amide bonds. The lowest BCUT2D eigenvalue weighted by atomic mass is 9.84. The van der Waals surface area contributed by atoms with E-state index in [1.165, 1.54) is 17.8 Å². The number of anilines is 2. The molecule has 0 aliphatic carbocycles. The molecule has 2 rings (SSSR count). The maximum Gasteiger partial charge on any atom is 0.177 e. The summed E-state index contributed by atoms with van der Waals surface area (Å²) in [6.07, 6.45) is 2.38. The van der Waals surface area contributed by atoms with Crippen molar-refractivity contribution in [3.8, 4) is 5.75 Å². The molecule has 1 aliphatic rings. The van der Waals surface area contributed by atoms with Crippen molar-refractivity contribution in [1.29, 1.82) is 0 Å². The fraction of sp³-hybridized carbons (Fsp3) is 0.688. The molecule has 4 nitrogen and oxygen atoms in total. The third-order valence-corrected chi connectivity index (χ3v) is 5.28. The first-order valence-electron chi connectivity index (χ1n) is 7.52. The Morgan fingerprint density at radius 3 is 2.62 bits per heavy atom. The molecule has 1 aromatic rings. The first-order chi connectivity index (χ1) is 9.76. The van der Waals surface area contributed by atoms with Crippen molar-refractivity contribution in [2.24, 2.45) is 11.3 Å². The molecule has 118 valence electrons. The monoisotopic (exact) mass is 310 g/mol. The number of carbonyl (C=O) groups is 1. The van der Waals surface area contributed by atoms with Crippen molar-refractivity contribution in [3.05, 3.63) is 4.88 Å². The van der Waals surface area contributed by atoms with Gasteiger partial charge in [-0.05, 0) is 18.3 Å². The summed E-state index contributed by atoms with van der Waals surface area (Å²) in [6.45, 7) is 10.3. The van der Waals surface area contributed by atoms with Gasteiger partial charge >= 0.3 is 0 Å². The highest BCUT2D eigenvalue weighted by Gasteiger charge is 2.32. The second kappa shape index (κ2) is 5.87. The van der Waals surface area contributed by atoms with Crippen LogP contribution in [0.5, 0.6) is 5.75 Å². The number of ether oxygens (including phenoxy) is 1. The molecule has 0 saturated carbocycles. The fourth-order valence-electron chi connectivity index (χ4n) is 2.86. The number of rotatable bonds is 4. The third kappa shape index (κ3) is 3.18. The molecule has 0 radical (unpaired) electrons. The minimum absolute atomic E-state index is 0.0543. The number of Topliss-reactive ketones (excluding diaryl/α,β-unsaturated/α-hetero) is 1. The highest BCUT2D eigenvalue weighted by Crippen LogP contribution is 2.47. The van der Waals surface area contributed by atoms with Crippen LogP contribution < -0.4 is 15.4 Å². The number of thiophene rings is 1. The summed E-state index contributed by atoms with van der Waals surface area (Å²) in [7, 11) is 1.63. The van der Waals surface area contributed by atoms with Crippen LogP contribution in [-0.2, 0) is 0 Å². The van der Waals surface area contributed by atoms with Gasteiger partial charge in [0.2, 0.25) is 0 Å². The molecule has 5 heteroatoms. The molecule has 0 atom stereocenters. The number of ketones is 1. The van der Waals surface area contributed by atoms with Gasteiger partial charge in [-0.15, -0.1) is 11.3 Å². The van der Waals surface area contributed by atoms with E-state index in [4.69, 9.17) is 10.5 Å². The minimum Gasteiger partial charge on any atom is -0.492 e. The van der Waals surface area contributed by atoms with Gasteiger partial charge in [-0.25, -0.2) is 0 Å². The number of carbonyl (C=O) groups excluding carboxylic acids is 1. The molecule has 0 unspecified atom stereocenters. The Labute approximate surface area is 131 Å². The van der Waals surface area contributed by atoms with E-state index in [0.29, 0.717) is 16.3 Å². The predicted octanol–water partition coefficient (Wildman–Crippen LogP) is 3.80. The van der Waals surface area contributed by atoms with E-state index < -0.39 is 0 Å². The van der Waals surface area contributed by atoms with Gasteiger partial charge in [0.15, 0.2) is 11.5 Å². The highest BCUT2D eigenvalue weighted by molar-refractivity contribution is 7.19. The van der Waals surface area contributed by atoms with Crippen LogP contribution in [0.4, 0.5) is 10.7 Å². The number of hydrogen-bond donors (Lipinski definition) is 1. The smallest absolute Gasteiger partial charge is 0.177 e. The zero-order valence-electron chi connectivity index (χ0n) is 13.7. The molecule has 1 saturated heterocycles. The van der Waals surface area contributed by atoms with Crippen LogP contribution in [0.3, 0.4) is 0 Å². The largest absolute Gasteiger partial charge is 0.492 e. The van der Waals surface area contributed by atoms with Crippen LogP contribution >= 0.6 is 11.3 Å². The van der Waals surface area contributed by atoms with Gasteiger partial charge in [-0.3, -0.25) is 4.79 Å².